The zero-order valence-corrected chi connectivity index (χ0v) is 14.9. The van der Waals surface area contributed by atoms with Crippen LogP contribution in [-0.2, 0) is 4.79 Å². The first-order chi connectivity index (χ1) is 13.7. The minimum Gasteiger partial charge on any atom is -0.493 e. The molecule has 4 aromatic rings. The number of rotatable bonds is 5. The lowest BCUT2D eigenvalue weighted by molar-refractivity contribution is -0.120. The molecule has 0 spiro atoms. The maximum atomic E-state index is 12.0. The molecule has 0 bridgehead atoms. The Morgan fingerprint density at radius 3 is 2.36 bits per heavy atom. The second-order valence-electron chi connectivity index (χ2n) is 6.14. The Balaban J connectivity index is 1.39. The van der Waals surface area contributed by atoms with E-state index in [0.29, 0.717) is 11.1 Å². The van der Waals surface area contributed by atoms with E-state index < -0.39 is 5.91 Å². The van der Waals surface area contributed by atoms with Crippen molar-refractivity contribution < 1.29 is 14.6 Å². The van der Waals surface area contributed by atoms with Gasteiger partial charge >= 0.3 is 5.91 Å². The SMILES string of the molecule is O=C(COc1ccc(-c2ccccc2)cc1)N=Nc1c(O)[nH]c2ccccc12. The molecule has 0 aliphatic heterocycles. The largest absolute Gasteiger partial charge is 0.493 e. The molecule has 3 aromatic carbocycles. The topological polar surface area (TPSA) is 87.0 Å². The number of hydrogen-bond donors (Lipinski definition) is 2. The number of H-pyrrole nitrogens is 1. The molecular formula is C22H17N3O3. The number of aromatic hydroxyl groups is 1. The van der Waals surface area contributed by atoms with E-state index in [-0.39, 0.29) is 18.2 Å². The van der Waals surface area contributed by atoms with Gasteiger partial charge in [-0.2, -0.15) is 0 Å². The molecule has 0 aliphatic rings. The molecule has 0 unspecified atom stereocenters. The number of amides is 1. The van der Waals surface area contributed by atoms with Crippen molar-refractivity contribution in [2.75, 3.05) is 6.61 Å². The Morgan fingerprint density at radius 1 is 0.893 bits per heavy atom. The van der Waals surface area contributed by atoms with Crippen LogP contribution in [0.3, 0.4) is 0 Å². The summed E-state index contributed by atoms with van der Waals surface area (Å²) < 4.78 is 5.47. The van der Waals surface area contributed by atoms with Crippen molar-refractivity contribution in [3.8, 4) is 22.8 Å². The molecule has 6 heteroatoms. The van der Waals surface area contributed by atoms with Crippen molar-refractivity contribution in [3.05, 3.63) is 78.9 Å². The highest BCUT2D eigenvalue weighted by atomic mass is 16.5. The van der Waals surface area contributed by atoms with Crippen LogP contribution in [0.5, 0.6) is 11.6 Å². The molecule has 1 heterocycles. The third kappa shape index (κ3) is 3.76. The number of nitrogens with zero attached hydrogens (tertiary/aromatic N) is 2. The van der Waals surface area contributed by atoms with Crippen LogP contribution in [0.2, 0.25) is 0 Å². The fourth-order valence-electron chi connectivity index (χ4n) is 2.87. The predicted molar refractivity (Wildman–Crippen MR) is 107 cm³/mol. The Labute approximate surface area is 161 Å². The number of fused-ring (bicyclic) bond motifs is 1. The smallest absolute Gasteiger partial charge is 0.302 e. The van der Waals surface area contributed by atoms with E-state index >= 15 is 0 Å². The van der Waals surface area contributed by atoms with Crippen molar-refractivity contribution in [2.45, 2.75) is 0 Å². The number of carbonyl (C=O) groups excluding carboxylic acids is 1. The Kier molecular flexibility index (Phi) is 4.84. The zero-order chi connectivity index (χ0) is 19.3. The summed E-state index contributed by atoms with van der Waals surface area (Å²) >= 11 is 0. The maximum Gasteiger partial charge on any atom is 0.302 e. The first kappa shape index (κ1) is 17.5. The Morgan fingerprint density at radius 2 is 1.57 bits per heavy atom. The van der Waals surface area contributed by atoms with Gasteiger partial charge in [-0.1, -0.05) is 60.7 Å². The van der Waals surface area contributed by atoms with Crippen LogP contribution in [0.15, 0.2) is 89.1 Å². The summed E-state index contributed by atoms with van der Waals surface area (Å²) in [7, 11) is 0. The van der Waals surface area contributed by atoms with E-state index in [1.54, 1.807) is 24.3 Å². The minimum absolute atomic E-state index is 0.129. The first-order valence-corrected chi connectivity index (χ1v) is 8.73. The number of aromatic nitrogens is 1. The Bertz CT molecular complexity index is 1130. The molecule has 0 atom stereocenters. The number of para-hydroxylation sites is 1. The molecule has 2 N–H and O–H groups in total. The third-order valence-corrected chi connectivity index (χ3v) is 4.24. The molecule has 1 aromatic heterocycles. The summed E-state index contributed by atoms with van der Waals surface area (Å²) in [5.41, 5.74) is 3.12. The van der Waals surface area contributed by atoms with Gasteiger partial charge in [-0.15, -0.1) is 10.2 Å². The van der Waals surface area contributed by atoms with Crippen molar-refractivity contribution >= 4 is 22.5 Å². The summed E-state index contributed by atoms with van der Waals surface area (Å²) in [4.78, 5) is 14.8. The minimum atomic E-state index is -0.545. The van der Waals surface area contributed by atoms with Gasteiger partial charge in [-0.25, -0.2) is 0 Å². The van der Waals surface area contributed by atoms with Crippen LogP contribution in [0.25, 0.3) is 22.0 Å². The molecular weight excluding hydrogens is 354 g/mol. The van der Waals surface area contributed by atoms with E-state index in [1.165, 1.54) is 0 Å². The molecule has 0 saturated carbocycles. The van der Waals surface area contributed by atoms with E-state index in [1.807, 2.05) is 54.6 Å². The summed E-state index contributed by atoms with van der Waals surface area (Å²) in [6.45, 7) is -0.239. The van der Waals surface area contributed by atoms with Crippen molar-refractivity contribution in [1.29, 1.82) is 0 Å². The standard InChI is InChI=1S/C22H17N3O3/c26-20(24-25-21-18-8-4-5-9-19(18)23-22(21)27)14-28-17-12-10-16(11-13-17)15-6-2-1-3-7-15/h1-13,23,27H,14H2. The lowest BCUT2D eigenvalue weighted by Gasteiger charge is -2.05. The van der Waals surface area contributed by atoms with Gasteiger partial charge in [0.1, 0.15) is 5.75 Å². The molecule has 28 heavy (non-hydrogen) atoms. The van der Waals surface area contributed by atoms with Crippen LogP contribution >= 0.6 is 0 Å². The van der Waals surface area contributed by atoms with Crippen LogP contribution in [0, 0.1) is 0 Å². The molecule has 1 amide bonds. The van der Waals surface area contributed by atoms with Gasteiger partial charge in [-0.3, -0.25) is 4.79 Å². The fraction of sp³-hybridized carbons (Fsp3) is 0.0455. The summed E-state index contributed by atoms with van der Waals surface area (Å²) in [5.74, 6) is -0.106. The monoisotopic (exact) mass is 371 g/mol. The molecule has 0 aliphatic carbocycles. The second kappa shape index (κ2) is 7.75. The fourth-order valence-corrected chi connectivity index (χ4v) is 2.87. The van der Waals surface area contributed by atoms with Gasteiger partial charge in [0.05, 0.1) is 5.52 Å². The number of ether oxygens (including phenoxy) is 1. The van der Waals surface area contributed by atoms with Gasteiger partial charge in [0.25, 0.3) is 0 Å². The predicted octanol–water partition coefficient (Wildman–Crippen LogP) is 5.23. The van der Waals surface area contributed by atoms with Crippen molar-refractivity contribution in [1.82, 2.24) is 4.98 Å². The van der Waals surface area contributed by atoms with Crippen molar-refractivity contribution in [3.63, 3.8) is 0 Å². The van der Waals surface area contributed by atoms with Gasteiger partial charge in [-0.05, 0) is 29.3 Å². The second-order valence-corrected chi connectivity index (χ2v) is 6.14. The molecule has 0 fully saturated rings. The lowest BCUT2D eigenvalue weighted by Crippen LogP contribution is -2.07. The summed E-state index contributed by atoms with van der Waals surface area (Å²) in [6, 6.07) is 24.7. The van der Waals surface area contributed by atoms with Gasteiger partial charge in [0.2, 0.25) is 5.88 Å². The van der Waals surface area contributed by atoms with Crippen molar-refractivity contribution in [2.24, 2.45) is 10.2 Å². The highest BCUT2D eigenvalue weighted by Gasteiger charge is 2.10. The third-order valence-electron chi connectivity index (χ3n) is 4.24. The maximum absolute atomic E-state index is 12.0. The molecule has 6 nitrogen and oxygen atoms in total. The highest BCUT2D eigenvalue weighted by molar-refractivity contribution is 5.94. The molecule has 0 saturated heterocycles. The summed E-state index contributed by atoms with van der Waals surface area (Å²) in [5, 5.41) is 18.1. The lowest BCUT2D eigenvalue weighted by atomic mass is 10.1. The number of carbonyl (C=O) groups is 1. The molecule has 138 valence electrons. The van der Waals surface area contributed by atoms with Crippen LogP contribution in [-0.4, -0.2) is 22.6 Å². The highest BCUT2D eigenvalue weighted by Crippen LogP contribution is 2.35. The Hall–Kier alpha value is -3.93. The first-order valence-electron chi connectivity index (χ1n) is 8.73. The number of benzene rings is 3. The van der Waals surface area contributed by atoms with Crippen LogP contribution in [0.1, 0.15) is 0 Å². The zero-order valence-electron chi connectivity index (χ0n) is 14.9. The average molecular weight is 371 g/mol. The van der Waals surface area contributed by atoms with Crippen LogP contribution < -0.4 is 4.74 Å². The van der Waals surface area contributed by atoms with Gasteiger partial charge in [0.15, 0.2) is 12.3 Å². The molecule has 0 radical (unpaired) electrons. The average Bonchev–Trinajstić information content (AvgIpc) is 3.06. The number of hydrogen-bond acceptors (Lipinski definition) is 4. The van der Waals surface area contributed by atoms with E-state index in [2.05, 4.69) is 15.2 Å². The summed E-state index contributed by atoms with van der Waals surface area (Å²) in [6.07, 6.45) is 0. The normalized spacial score (nSPS) is 11.1. The van der Waals surface area contributed by atoms with E-state index in [0.717, 1.165) is 16.6 Å². The quantitative estimate of drug-likeness (QED) is 0.471. The van der Waals surface area contributed by atoms with Gasteiger partial charge < -0.3 is 14.8 Å². The van der Waals surface area contributed by atoms with Gasteiger partial charge in [0, 0.05) is 5.39 Å². The molecule has 4 rings (SSSR count). The number of aromatic amines is 1. The van der Waals surface area contributed by atoms with E-state index in [4.69, 9.17) is 4.74 Å². The van der Waals surface area contributed by atoms with Crippen LogP contribution in [0.4, 0.5) is 5.69 Å². The number of nitrogens with one attached hydrogen (secondary N) is 1. The number of azo groups is 1. The van der Waals surface area contributed by atoms with E-state index in [9.17, 15) is 9.90 Å².